The van der Waals surface area contributed by atoms with E-state index in [0.717, 1.165) is 54.2 Å². The Balaban J connectivity index is 0.00000324. The van der Waals surface area contributed by atoms with E-state index in [-0.39, 0.29) is 24.3 Å². The summed E-state index contributed by atoms with van der Waals surface area (Å²) in [6, 6.07) is 10.6. The highest BCUT2D eigenvalue weighted by Gasteiger charge is 2.34. The molecule has 0 aliphatic heterocycles. The number of rotatable bonds is 10. The summed E-state index contributed by atoms with van der Waals surface area (Å²) in [6.07, 6.45) is 5.11. The molecule has 1 aromatic heterocycles. The molecule has 3 aromatic rings. The predicted octanol–water partition coefficient (Wildman–Crippen LogP) is 7.46. The third kappa shape index (κ3) is 5.66. The molecule has 2 aromatic carbocycles. The van der Waals surface area contributed by atoms with Crippen LogP contribution in [0.5, 0.6) is 5.75 Å². The quantitative estimate of drug-likeness (QED) is 0.286. The molecule has 1 heterocycles. The van der Waals surface area contributed by atoms with E-state index in [1.54, 1.807) is 7.11 Å². The minimum Gasteiger partial charge on any atom is -0.496 e. The minimum absolute atomic E-state index is 0. The average molecular weight is 507 g/mol. The van der Waals surface area contributed by atoms with Crippen molar-refractivity contribution < 1.29 is 9.13 Å². The molecule has 0 saturated heterocycles. The van der Waals surface area contributed by atoms with Crippen LogP contribution in [-0.2, 0) is 13.0 Å². The largest absolute Gasteiger partial charge is 0.496 e. The van der Waals surface area contributed by atoms with Crippen molar-refractivity contribution >= 4 is 35.6 Å². The van der Waals surface area contributed by atoms with E-state index in [0.29, 0.717) is 16.9 Å². The van der Waals surface area contributed by atoms with Crippen molar-refractivity contribution in [2.45, 2.75) is 65.5 Å². The van der Waals surface area contributed by atoms with Gasteiger partial charge in [-0.25, -0.2) is 9.07 Å². The second kappa shape index (κ2) is 11.4. The first-order valence-electron chi connectivity index (χ1n) is 11.8. The number of aromatic nitrogens is 3. The first-order chi connectivity index (χ1) is 15.9. The third-order valence-electron chi connectivity index (χ3n) is 6.25. The van der Waals surface area contributed by atoms with Gasteiger partial charge in [0.2, 0.25) is 5.95 Å². The van der Waals surface area contributed by atoms with E-state index in [1.165, 1.54) is 25.0 Å². The second-order valence-corrected chi connectivity index (χ2v) is 9.20. The van der Waals surface area contributed by atoms with Crippen LogP contribution in [0.2, 0.25) is 5.02 Å². The van der Waals surface area contributed by atoms with E-state index < -0.39 is 0 Å². The lowest BCUT2D eigenvalue weighted by molar-refractivity contribution is 0.411. The third-order valence-corrected chi connectivity index (χ3v) is 6.55. The Kier molecular flexibility index (Phi) is 8.83. The number of hydrogen-bond acceptors (Lipinski definition) is 4. The van der Waals surface area contributed by atoms with E-state index in [1.807, 2.05) is 35.9 Å². The summed E-state index contributed by atoms with van der Waals surface area (Å²) in [5.74, 6) is 2.70. The molecule has 0 unspecified atom stereocenters. The molecule has 0 radical (unpaired) electrons. The Hall–Kier alpha value is -2.31. The number of nitrogens with zero attached hydrogens (tertiary/aromatic N) is 4. The highest BCUT2D eigenvalue weighted by atomic mass is 35.5. The Morgan fingerprint density at radius 3 is 2.50 bits per heavy atom. The highest BCUT2D eigenvalue weighted by Crippen LogP contribution is 2.46. The van der Waals surface area contributed by atoms with Gasteiger partial charge in [0, 0.05) is 19.0 Å². The van der Waals surface area contributed by atoms with Crippen LogP contribution in [0.1, 0.15) is 62.5 Å². The van der Waals surface area contributed by atoms with E-state index in [2.05, 4.69) is 18.7 Å². The van der Waals surface area contributed by atoms with Crippen LogP contribution in [0.4, 0.5) is 16.0 Å². The van der Waals surface area contributed by atoms with E-state index >= 15 is 0 Å². The molecule has 5 nitrogen and oxygen atoms in total. The van der Waals surface area contributed by atoms with Crippen molar-refractivity contribution in [3.05, 3.63) is 64.2 Å². The molecule has 1 aliphatic carbocycles. The Morgan fingerprint density at radius 1 is 1.21 bits per heavy atom. The molecule has 0 bridgehead atoms. The Labute approximate surface area is 212 Å². The van der Waals surface area contributed by atoms with Gasteiger partial charge in [0.25, 0.3) is 0 Å². The number of ether oxygens (including phenoxy) is 1. The van der Waals surface area contributed by atoms with Crippen LogP contribution in [0, 0.1) is 18.7 Å². The fourth-order valence-corrected chi connectivity index (χ4v) is 4.57. The van der Waals surface area contributed by atoms with Crippen molar-refractivity contribution in [1.29, 1.82) is 0 Å². The fraction of sp³-hybridized carbons (Fsp3) is 0.462. The number of hydrogen-bond donors (Lipinski definition) is 0. The summed E-state index contributed by atoms with van der Waals surface area (Å²) < 4.78 is 21.3. The van der Waals surface area contributed by atoms with Crippen molar-refractivity contribution in [2.75, 3.05) is 12.0 Å². The number of benzene rings is 2. The van der Waals surface area contributed by atoms with Crippen LogP contribution in [0.15, 0.2) is 36.4 Å². The lowest BCUT2D eigenvalue weighted by Crippen LogP contribution is -2.26. The fourth-order valence-electron chi connectivity index (χ4n) is 4.33. The van der Waals surface area contributed by atoms with Crippen molar-refractivity contribution in [3.63, 3.8) is 0 Å². The molecule has 8 heteroatoms. The van der Waals surface area contributed by atoms with Crippen molar-refractivity contribution in [1.82, 2.24) is 14.8 Å². The lowest BCUT2D eigenvalue weighted by atomic mass is 9.98. The maximum absolute atomic E-state index is 13.8. The van der Waals surface area contributed by atoms with Gasteiger partial charge in [0.1, 0.15) is 17.4 Å². The van der Waals surface area contributed by atoms with Crippen LogP contribution in [-0.4, -0.2) is 21.9 Å². The van der Waals surface area contributed by atoms with E-state index in [9.17, 15) is 4.39 Å². The normalized spacial score (nSPS) is 13.9. The summed E-state index contributed by atoms with van der Waals surface area (Å²) in [5, 5.41) is 5.49. The molecular weight excluding hydrogens is 474 g/mol. The molecular formula is C26H33Cl2FN4O. The maximum Gasteiger partial charge on any atom is 0.250 e. The zero-order chi connectivity index (χ0) is 23.5. The van der Waals surface area contributed by atoms with Crippen LogP contribution < -0.4 is 9.64 Å². The molecule has 0 spiro atoms. The molecule has 4 rings (SSSR count). The predicted molar refractivity (Wildman–Crippen MR) is 138 cm³/mol. The van der Waals surface area contributed by atoms with Crippen LogP contribution >= 0.6 is 24.0 Å². The van der Waals surface area contributed by atoms with Gasteiger partial charge in [-0.3, -0.25) is 0 Å². The van der Waals surface area contributed by atoms with Crippen molar-refractivity contribution in [2.24, 2.45) is 5.92 Å². The first kappa shape index (κ1) is 26.3. The second-order valence-electron chi connectivity index (χ2n) is 8.79. The number of anilines is 2. The molecule has 1 saturated carbocycles. The van der Waals surface area contributed by atoms with Gasteiger partial charge in [-0.05, 0) is 55.0 Å². The van der Waals surface area contributed by atoms with Gasteiger partial charge in [-0.2, -0.15) is 4.98 Å². The standard InChI is InChI=1S/C26H32ClFN4O.ClH/c1-5-13-31-25(6-2)29-26(30-31)32(23-14-17(3)24(33-4)16-21(23)27)22(15-18-7-8-18)19-9-11-20(28)12-10-19;/h9-12,14,16,18,22H,5-8,13,15H2,1-4H3;1H/t22-;/m0./s1. The molecule has 1 fully saturated rings. The molecule has 34 heavy (non-hydrogen) atoms. The maximum atomic E-state index is 13.8. The molecule has 0 N–H and O–H groups in total. The minimum atomic E-state index is -0.243. The summed E-state index contributed by atoms with van der Waals surface area (Å²) in [4.78, 5) is 7.09. The Morgan fingerprint density at radius 2 is 1.91 bits per heavy atom. The zero-order valence-corrected chi connectivity index (χ0v) is 21.8. The monoisotopic (exact) mass is 506 g/mol. The van der Waals surface area contributed by atoms with E-state index in [4.69, 9.17) is 26.4 Å². The molecule has 184 valence electrons. The van der Waals surface area contributed by atoms with Gasteiger partial charge < -0.3 is 9.64 Å². The smallest absolute Gasteiger partial charge is 0.250 e. The summed E-state index contributed by atoms with van der Waals surface area (Å²) in [7, 11) is 1.64. The van der Waals surface area contributed by atoms with Gasteiger partial charge in [-0.15, -0.1) is 17.5 Å². The van der Waals surface area contributed by atoms with Crippen LogP contribution in [0.3, 0.4) is 0 Å². The van der Waals surface area contributed by atoms with Gasteiger partial charge >= 0.3 is 0 Å². The van der Waals surface area contributed by atoms with Crippen molar-refractivity contribution in [3.8, 4) is 5.75 Å². The molecule has 1 aliphatic rings. The summed E-state index contributed by atoms with van der Waals surface area (Å²) in [5.41, 5.74) is 2.84. The van der Waals surface area contributed by atoms with Crippen LogP contribution in [0.25, 0.3) is 0 Å². The highest BCUT2D eigenvalue weighted by molar-refractivity contribution is 6.33. The SMILES string of the molecule is CCCn1nc(N(c2cc(C)c(OC)cc2Cl)[C@@H](CC2CC2)c2ccc(F)cc2)nc1CC.Cl. The zero-order valence-electron chi connectivity index (χ0n) is 20.2. The molecule has 0 amide bonds. The number of aryl methyl sites for hydroxylation is 3. The summed E-state index contributed by atoms with van der Waals surface area (Å²) in [6.45, 7) is 7.04. The Bertz CT molecular complexity index is 1100. The van der Waals surface area contributed by atoms with Gasteiger partial charge in [-0.1, -0.05) is 50.4 Å². The van der Waals surface area contributed by atoms with Gasteiger partial charge in [0.15, 0.2) is 0 Å². The topological polar surface area (TPSA) is 43.2 Å². The summed E-state index contributed by atoms with van der Waals surface area (Å²) >= 11 is 6.83. The lowest BCUT2D eigenvalue weighted by Gasteiger charge is -2.33. The molecule has 1 atom stereocenters. The first-order valence-corrected chi connectivity index (χ1v) is 12.1. The number of methoxy groups -OCH3 is 1. The van der Waals surface area contributed by atoms with Gasteiger partial charge in [0.05, 0.1) is 23.9 Å². The average Bonchev–Trinajstić information content (AvgIpc) is 3.54. The number of halogens is 3.